The van der Waals surface area contributed by atoms with Gasteiger partial charge in [-0.05, 0) is 25.7 Å². The molecule has 12 heavy (non-hydrogen) atoms. The first-order chi connectivity index (χ1) is 5.86. The van der Waals surface area contributed by atoms with E-state index in [0.717, 1.165) is 19.1 Å². The summed E-state index contributed by atoms with van der Waals surface area (Å²) >= 11 is 0. The molecule has 2 rings (SSSR count). The van der Waals surface area contributed by atoms with Crippen LogP contribution in [0.3, 0.4) is 0 Å². The van der Waals surface area contributed by atoms with Crippen LogP contribution in [0.25, 0.3) is 0 Å². The van der Waals surface area contributed by atoms with Gasteiger partial charge in [0.2, 0.25) is 0 Å². The van der Waals surface area contributed by atoms with Crippen LogP contribution in [0.5, 0.6) is 0 Å². The monoisotopic (exact) mass is 169 g/mol. The van der Waals surface area contributed by atoms with Crippen molar-refractivity contribution in [3.8, 4) is 0 Å². The summed E-state index contributed by atoms with van der Waals surface area (Å²) in [6.07, 6.45) is 6.13. The molecule has 2 heteroatoms. The molecule has 2 unspecified atom stereocenters. The van der Waals surface area contributed by atoms with Crippen molar-refractivity contribution < 1.29 is 4.74 Å². The Hall–Kier alpha value is -0.0800. The van der Waals surface area contributed by atoms with E-state index in [1.165, 1.54) is 25.7 Å². The van der Waals surface area contributed by atoms with Gasteiger partial charge >= 0.3 is 0 Å². The van der Waals surface area contributed by atoms with E-state index in [2.05, 4.69) is 12.2 Å². The van der Waals surface area contributed by atoms with E-state index in [1.54, 1.807) is 0 Å². The number of ether oxygens (including phenoxy) is 1. The van der Waals surface area contributed by atoms with Crippen LogP contribution >= 0.6 is 0 Å². The lowest BCUT2D eigenvalue weighted by Gasteiger charge is -2.31. The molecule has 0 aromatic carbocycles. The van der Waals surface area contributed by atoms with E-state index < -0.39 is 0 Å². The third kappa shape index (κ3) is 1.80. The van der Waals surface area contributed by atoms with Crippen LogP contribution in [0.2, 0.25) is 0 Å². The lowest BCUT2D eigenvalue weighted by Crippen LogP contribution is -2.47. The first kappa shape index (κ1) is 8.52. The van der Waals surface area contributed by atoms with Crippen LogP contribution in [0.1, 0.15) is 32.6 Å². The summed E-state index contributed by atoms with van der Waals surface area (Å²) in [5.74, 6) is 0.852. The maximum Gasteiger partial charge on any atom is 0.0728 e. The highest BCUT2D eigenvalue weighted by Gasteiger charge is 2.28. The van der Waals surface area contributed by atoms with Crippen molar-refractivity contribution in [2.75, 3.05) is 13.2 Å². The van der Waals surface area contributed by atoms with Crippen molar-refractivity contribution >= 4 is 0 Å². The van der Waals surface area contributed by atoms with Gasteiger partial charge in [-0.1, -0.05) is 12.8 Å². The Morgan fingerprint density at radius 3 is 2.58 bits per heavy atom. The Morgan fingerprint density at radius 2 is 2.00 bits per heavy atom. The van der Waals surface area contributed by atoms with Crippen molar-refractivity contribution in [1.29, 1.82) is 0 Å². The Balaban J connectivity index is 1.80. The average Bonchev–Trinajstić information content (AvgIpc) is 2.58. The second-order valence-corrected chi connectivity index (χ2v) is 4.23. The van der Waals surface area contributed by atoms with Gasteiger partial charge in [0.15, 0.2) is 0 Å². The van der Waals surface area contributed by atoms with Crippen molar-refractivity contribution in [1.82, 2.24) is 5.32 Å². The van der Waals surface area contributed by atoms with E-state index >= 15 is 0 Å². The fourth-order valence-corrected chi connectivity index (χ4v) is 2.34. The van der Waals surface area contributed by atoms with Gasteiger partial charge in [-0.15, -0.1) is 0 Å². The first-order valence-electron chi connectivity index (χ1n) is 5.21. The molecule has 1 saturated carbocycles. The number of nitrogens with one attached hydrogen (secondary N) is 1. The van der Waals surface area contributed by atoms with Crippen LogP contribution in [-0.4, -0.2) is 25.3 Å². The molecule has 0 aromatic heterocycles. The SMILES string of the molecule is CC1COC(C2CCCC2)CN1. The van der Waals surface area contributed by atoms with Gasteiger partial charge in [-0.3, -0.25) is 0 Å². The molecule has 2 nitrogen and oxygen atoms in total. The molecule has 0 aromatic rings. The zero-order chi connectivity index (χ0) is 8.39. The molecule has 0 bridgehead atoms. The fraction of sp³-hybridized carbons (Fsp3) is 1.00. The van der Waals surface area contributed by atoms with Crippen LogP contribution in [0.15, 0.2) is 0 Å². The van der Waals surface area contributed by atoms with E-state index in [-0.39, 0.29) is 0 Å². The molecule has 0 radical (unpaired) electrons. The Labute approximate surface area is 74.7 Å². The highest BCUT2D eigenvalue weighted by atomic mass is 16.5. The number of rotatable bonds is 1. The fourth-order valence-electron chi connectivity index (χ4n) is 2.34. The van der Waals surface area contributed by atoms with E-state index in [1.807, 2.05) is 0 Å². The van der Waals surface area contributed by atoms with Crippen LogP contribution in [0.4, 0.5) is 0 Å². The van der Waals surface area contributed by atoms with Gasteiger partial charge in [-0.2, -0.15) is 0 Å². The highest BCUT2D eigenvalue weighted by Crippen LogP contribution is 2.29. The predicted octanol–water partition coefficient (Wildman–Crippen LogP) is 1.55. The van der Waals surface area contributed by atoms with E-state index in [9.17, 15) is 0 Å². The maximum atomic E-state index is 5.81. The number of morpholine rings is 1. The van der Waals surface area contributed by atoms with Gasteiger partial charge in [0, 0.05) is 12.6 Å². The summed E-state index contributed by atoms with van der Waals surface area (Å²) in [4.78, 5) is 0. The van der Waals surface area contributed by atoms with Crippen LogP contribution < -0.4 is 5.32 Å². The predicted molar refractivity (Wildman–Crippen MR) is 49.2 cm³/mol. The van der Waals surface area contributed by atoms with E-state index in [0.29, 0.717) is 12.1 Å². The Kier molecular flexibility index (Phi) is 2.66. The van der Waals surface area contributed by atoms with Gasteiger partial charge in [0.1, 0.15) is 0 Å². The van der Waals surface area contributed by atoms with Crippen molar-refractivity contribution in [2.45, 2.75) is 44.8 Å². The lowest BCUT2D eigenvalue weighted by molar-refractivity contribution is -0.0243. The zero-order valence-corrected chi connectivity index (χ0v) is 7.88. The van der Waals surface area contributed by atoms with Gasteiger partial charge in [0.05, 0.1) is 12.7 Å². The maximum absolute atomic E-state index is 5.81. The van der Waals surface area contributed by atoms with Crippen molar-refractivity contribution in [2.24, 2.45) is 5.92 Å². The molecule has 1 aliphatic heterocycles. The summed E-state index contributed by atoms with van der Waals surface area (Å²) < 4.78 is 5.81. The molecular weight excluding hydrogens is 150 g/mol. The molecule has 2 aliphatic rings. The minimum Gasteiger partial charge on any atom is -0.375 e. The second-order valence-electron chi connectivity index (χ2n) is 4.23. The normalized spacial score (nSPS) is 38.8. The topological polar surface area (TPSA) is 21.3 Å². The van der Waals surface area contributed by atoms with Gasteiger partial charge in [0.25, 0.3) is 0 Å². The van der Waals surface area contributed by atoms with Crippen molar-refractivity contribution in [3.63, 3.8) is 0 Å². The standard InChI is InChI=1S/C10H19NO/c1-8-7-12-10(6-11-8)9-4-2-3-5-9/h8-11H,2-7H2,1H3. The molecular formula is C10H19NO. The molecule has 0 spiro atoms. The average molecular weight is 169 g/mol. The third-order valence-corrected chi connectivity index (χ3v) is 3.15. The number of hydrogen-bond acceptors (Lipinski definition) is 2. The molecule has 2 fully saturated rings. The quantitative estimate of drug-likeness (QED) is 0.643. The summed E-state index contributed by atoms with van der Waals surface area (Å²) in [5.41, 5.74) is 0. The molecule has 1 saturated heterocycles. The van der Waals surface area contributed by atoms with Crippen molar-refractivity contribution in [3.05, 3.63) is 0 Å². The minimum absolute atomic E-state index is 0.517. The molecule has 2 atom stereocenters. The van der Waals surface area contributed by atoms with Gasteiger partial charge in [-0.25, -0.2) is 0 Å². The largest absolute Gasteiger partial charge is 0.375 e. The molecule has 1 heterocycles. The van der Waals surface area contributed by atoms with E-state index in [4.69, 9.17) is 4.74 Å². The molecule has 1 N–H and O–H groups in total. The summed E-state index contributed by atoms with van der Waals surface area (Å²) in [7, 11) is 0. The van der Waals surface area contributed by atoms with Crippen LogP contribution in [0, 0.1) is 5.92 Å². The zero-order valence-electron chi connectivity index (χ0n) is 7.88. The number of hydrogen-bond donors (Lipinski definition) is 1. The molecule has 0 amide bonds. The molecule has 70 valence electrons. The van der Waals surface area contributed by atoms with Gasteiger partial charge < -0.3 is 10.1 Å². The smallest absolute Gasteiger partial charge is 0.0728 e. The lowest BCUT2D eigenvalue weighted by atomic mass is 9.99. The Bertz CT molecular complexity index is 135. The third-order valence-electron chi connectivity index (χ3n) is 3.15. The first-order valence-corrected chi connectivity index (χ1v) is 5.21. The second kappa shape index (κ2) is 3.75. The summed E-state index contributed by atoms with van der Waals surface area (Å²) in [5, 5.41) is 3.48. The summed E-state index contributed by atoms with van der Waals surface area (Å²) in [6.45, 7) is 4.16. The summed E-state index contributed by atoms with van der Waals surface area (Å²) in [6, 6.07) is 0.558. The minimum atomic E-state index is 0.517. The molecule has 1 aliphatic carbocycles. The highest BCUT2D eigenvalue weighted by molar-refractivity contribution is 4.81. The van der Waals surface area contributed by atoms with Crippen LogP contribution in [-0.2, 0) is 4.74 Å². The Morgan fingerprint density at radius 1 is 1.25 bits per heavy atom.